The van der Waals surface area contributed by atoms with Crippen LogP contribution in [0.2, 0.25) is 0 Å². The first-order chi connectivity index (χ1) is 7.54. The Morgan fingerprint density at radius 2 is 2.12 bits per heavy atom. The number of alkyl halides is 3. The molecule has 0 saturated heterocycles. The first-order valence-electron chi connectivity index (χ1n) is 5.06. The van der Waals surface area contributed by atoms with Crippen LogP contribution in [-0.2, 0) is 25.6 Å². The zero-order valence-electron chi connectivity index (χ0n) is 8.51. The predicted molar refractivity (Wildman–Crippen MR) is 49.5 cm³/mol. The maximum Gasteiger partial charge on any atom is 0.433 e. The zero-order chi connectivity index (χ0) is 11.8. The minimum absolute atomic E-state index is 0.0122. The summed E-state index contributed by atoms with van der Waals surface area (Å²) in [5, 5.41) is 12.3. The van der Waals surface area contributed by atoms with Crippen LogP contribution in [0.25, 0.3) is 0 Å². The standard InChI is InChI=1S/C10H10F3N3/c11-10(12,13)9-7-3-1-4-8(7)15-16(9)6-2-5-14/h1-4,6H2. The summed E-state index contributed by atoms with van der Waals surface area (Å²) in [6.45, 7) is 0.0122. The van der Waals surface area contributed by atoms with E-state index in [1.165, 1.54) is 0 Å². The number of halogens is 3. The molecule has 1 aromatic rings. The number of aromatic nitrogens is 2. The van der Waals surface area contributed by atoms with Crippen LogP contribution in [0.1, 0.15) is 29.8 Å². The van der Waals surface area contributed by atoms with Crippen LogP contribution in [0.4, 0.5) is 13.2 Å². The lowest BCUT2D eigenvalue weighted by molar-refractivity contribution is -0.144. The zero-order valence-corrected chi connectivity index (χ0v) is 8.51. The van der Waals surface area contributed by atoms with Crippen LogP contribution in [0.3, 0.4) is 0 Å². The Hall–Kier alpha value is -1.51. The van der Waals surface area contributed by atoms with Crippen molar-refractivity contribution in [2.45, 2.75) is 38.4 Å². The number of nitriles is 1. The van der Waals surface area contributed by atoms with Gasteiger partial charge in [-0.15, -0.1) is 0 Å². The molecule has 6 heteroatoms. The molecule has 3 nitrogen and oxygen atoms in total. The summed E-state index contributed by atoms with van der Waals surface area (Å²) in [5.41, 5.74) is 0.214. The molecule has 1 heterocycles. The topological polar surface area (TPSA) is 41.6 Å². The second kappa shape index (κ2) is 3.81. The van der Waals surface area contributed by atoms with E-state index in [2.05, 4.69) is 5.10 Å². The Morgan fingerprint density at radius 3 is 2.75 bits per heavy atom. The lowest BCUT2D eigenvalue weighted by Crippen LogP contribution is -2.16. The molecule has 0 N–H and O–H groups in total. The van der Waals surface area contributed by atoms with Crippen molar-refractivity contribution in [3.8, 4) is 6.07 Å². The van der Waals surface area contributed by atoms with Gasteiger partial charge in [-0.3, -0.25) is 4.68 Å². The van der Waals surface area contributed by atoms with Crippen molar-refractivity contribution < 1.29 is 13.2 Å². The Kier molecular flexibility index (Phi) is 2.62. The molecule has 86 valence electrons. The molecular formula is C10H10F3N3. The van der Waals surface area contributed by atoms with E-state index in [4.69, 9.17) is 5.26 Å². The van der Waals surface area contributed by atoms with Gasteiger partial charge in [-0.05, 0) is 19.3 Å². The van der Waals surface area contributed by atoms with Crippen molar-refractivity contribution in [3.05, 3.63) is 17.0 Å². The molecule has 1 aliphatic carbocycles. The molecule has 0 saturated carbocycles. The van der Waals surface area contributed by atoms with E-state index >= 15 is 0 Å². The summed E-state index contributed by atoms with van der Waals surface area (Å²) in [6.07, 6.45) is -2.54. The van der Waals surface area contributed by atoms with Crippen LogP contribution < -0.4 is 0 Å². The Morgan fingerprint density at radius 1 is 1.38 bits per heavy atom. The number of hydrogen-bond acceptors (Lipinski definition) is 2. The third-order valence-electron chi connectivity index (χ3n) is 2.68. The van der Waals surface area contributed by atoms with Crippen LogP contribution in [0.5, 0.6) is 0 Å². The largest absolute Gasteiger partial charge is 0.433 e. The number of rotatable bonds is 2. The van der Waals surface area contributed by atoms with Crippen molar-refractivity contribution in [2.75, 3.05) is 0 Å². The molecule has 1 aliphatic rings. The summed E-state index contributed by atoms with van der Waals surface area (Å²) in [6, 6.07) is 1.83. The average Bonchev–Trinajstić information content (AvgIpc) is 2.70. The average molecular weight is 229 g/mol. The molecule has 0 atom stereocenters. The van der Waals surface area contributed by atoms with Crippen LogP contribution in [0.15, 0.2) is 0 Å². The van der Waals surface area contributed by atoms with Gasteiger partial charge in [-0.1, -0.05) is 0 Å². The van der Waals surface area contributed by atoms with E-state index in [1.54, 1.807) is 0 Å². The van der Waals surface area contributed by atoms with Gasteiger partial charge >= 0.3 is 6.18 Å². The molecule has 0 fully saturated rings. The highest BCUT2D eigenvalue weighted by Gasteiger charge is 2.40. The van der Waals surface area contributed by atoms with E-state index in [9.17, 15) is 13.2 Å². The SMILES string of the molecule is N#CCCn1nc2c(c1C(F)(F)F)CCC2. The highest BCUT2D eigenvalue weighted by molar-refractivity contribution is 5.32. The first-order valence-corrected chi connectivity index (χ1v) is 5.06. The van der Waals surface area contributed by atoms with Gasteiger partial charge in [0.05, 0.1) is 24.7 Å². The Balaban J connectivity index is 2.42. The van der Waals surface area contributed by atoms with E-state index in [1.807, 2.05) is 6.07 Å². The molecule has 0 spiro atoms. The number of nitrogens with zero attached hydrogens (tertiary/aromatic N) is 3. The lowest BCUT2D eigenvalue weighted by Gasteiger charge is -2.10. The number of hydrogen-bond donors (Lipinski definition) is 0. The second-order valence-electron chi connectivity index (χ2n) is 3.76. The normalized spacial score (nSPS) is 14.9. The molecule has 0 aliphatic heterocycles. The summed E-state index contributed by atoms with van der Waals surface area (Å²) < 4.78 is 39.4. The fourth-order valence-electron chi connectivity index (χ4n) is 2.08. The molecular weight excluding hydrogens is 219 g/mol. The molecule has 1 aromatic heterocycles. The van der Waals surface area contributed by atoms with Crippen molar-refractivity contribution in [1.82, 2.24) is 9.78 Å². The van der Waals surface area contributed by atoms with Gasteiger partial charge in [0.1, 0.15) is 5.69 Å². The van der Waals surface area contributed by atoms with Crippen LogP contribution in [-0.4, -0.2) is 9.78 Å². The van der Waals surface area contributed by atoms with Gasteiger partial charge in [0.25, 0.3) is 0 Å². The summed E-state index contributed by atoms with van der Waals surface area (Å²) >= 11 is 0. The molecule has 2 rings (SSSR count). The Bertz CT molecular complexity index is 439. The van der Waals surface area contributed by atoms with Crippen molar-refractivity contribution >= 4 is 0 Å². The second-order valence-corrected chi connectivity index (χ2v) is 3.76. The fraction of sp³-hybridized carbons (Fsp3) is 0.600. The van der Waals surface area contributed by atoms with Gasteiger partial charge in [0, 0.05) is 5.56 Å². The van der Waals surface area contributed by atoms with Crippen molar-refractivity contribution in [2.24, 2.45) is 0 Å². The molecule has 0 radical (unpaired) electrons. The van der Waals surface area contributed by atoms with E-state index in [0.29, 0.717) is 24.1 Å². The molecule has 0 unspecified atom stereocenters. The van der Waals surface area contributed by atoms with Crippen molar-refractivity contribution in [1.29, 1.82) is 5.26 Å². The van der Waals surface area contributed by atoms with Gasteiger partial charge < -0.3 is 0 Å². The maximum atomic E-state index is 12.8. The minimum atomic E-state index is -4.37. The molecule has 0 bridgehead atoms. The molecule has 0 aromatic carbocycles. The monoisotopic (exact) mass is 229 g/mol. The van der Waals surface area contributed by atoms with Gasteiger partial charge in [-0.2, -0.15) is 23.5 Å². The van der Waals surface area contributed by atoms with Gasteiger partial charge in [0.2, 0.25) is 0 Å². The van der Waals surface area contributed by atoms with Gasteiger partial charge in [0.15, 0.2) is 0 Å². The summed E-state index contributed by atoms with van der Waals surface area (Å²) in [5.74, 6) is 0. The predicted octanol–water partition coefficient (Wildman–Crippen LogP) is 2.30. The van der Waals surface area contributed by atoms with Crippen LogP contribution >= 0.6 is 0 Å². The third-order valence-corrected chi connectivity index (χ3v) is 2.68. The third kappa shape index (κ3) is 1.77. The highest BCUT2D eigenvalue weighted by atomic mass is 19.4. The Labute approximate surface area is 90.5 Å². The number of aryl methyl sites for hydroxylation is 2. The van der Waals surface area contributed by atoms with E-state index in [-0.39, 0.29) is 13.0 Å². The van der Waals surface area contributed by atoms with Crippen LogP contribution in [0, 0.1) is 11.3 Å². The minimum Gasteiger partial charge on any atom is -0.259 e. The van der Waals surface area contributed by atoms with E-state index in [0.717, 1.165) is 11.1 Å². The highest BCUT2D eigenvalue weighted by Crippen LogP contribution is 2.37. The van der Waals surface area contributed by atoms with Crippen molar-refractivity contribution in [3.63, 3.8) is 0 Å². The van der Waals surface area contributed by atoms with Gasteiger partial charge in [-0.25, -0.2) is 0 Å². The smallest absolute Gasteiger partial charge is 0.259 e. The number of fused-ring (bicyclic) bond motifs is 1. The maximum absolute atomic E-state index is 12.8. The lowest BCUT2D eigenvalue weighted by atomic mass is 10.2. The molecule has 16 heavy (non-hydrogen) atoms. The quantitative estimate of drug-likeness (QED) is 0.780. The summed E-state index contributed by atoms with van der Waals surface area (Å²) in [4.78, 5) is 0. The summed E-state index contributed by atoms with van der Waals surface area (Å²) in [7, 11) is 0. The molecule has 0 amide bonds. The van der Waals surface area contributed by atoms with E-state index < -0.39 is 11.9 Å². The first kappa shape index (κ1) is 11.0. The fourth-order valence-corrected chi connectivity index (χ4v) is 2.08.